The van der Waals surface area contributed by atoms with E-state index in [9.17, 15) is 13.2 Å². The third kappa shape index (κ3) is 5.26. The van der Waals surface area contributed by atoms with Gasteiger partial charge in [-0.3, -0.25) is 4.79 Å². The first-order chi connectivity index (χ1) is 14.5. The molecule has 0 radical (unpaired) electrons. The van der Waals surface area contributed by atoms with Crippen LogP contribution in [0, 0.1) is 0 Å². The summed E-state index contributed by atoms with van der Waals surface area (Å²) in [7, 11) is -3.02. The van der Waals surface area contributed by atoms with E-state index in [1.54, 1.807) is 16.2 Å². The van der Waals surface area contributed by atoms with Gasteiger partial charge in [-0.25, -0.2) is 8.42 Å². The van der Waals surface area contributed by atoms with Gasteiger partial charge in [0.25, 0.3) is 0 Å². The number of aromatic nitrogens is 3. The number of rotatable bonds is 10. The first kappa shape index (κ1) is 21.8. The summed E-state index contributed by atoms with van der Waals surface area (Å²) in [5.41, 5.74) is 0. The largest absolute Gasteiger partial charge is 0.338 e. The first-order valence-corrected chi connectivity index (χ1v) is 14.2. The fourth-order valence-electron chi connectivity index (χ4n) is 3.86. The van der Waals surface area contributed by atoms with Crippen LogP contribution in [0.4, 0.5) is 0 Å². The summed E-state index contributed by atoms with van der Waals surface area (Å²) in [5.74, 6) is 1.50. The van der Waals surface area contributed by atoms with Crippen LogP contribution < -0.4 is 0 Å². The van der Waals surface area contributed by atoms with Gasteiger partial charge in [0, 0.05) is 29.9 Å². The molecule has 1 aliphatic carbocycles. The molecule has 1 atom stereocenters. The van der Waals surface area contributed by atoms with Gasteiger partial charge in [-0.05, 0) is 37.1 Å². The van der Waals surface area contributed by atoms with Crippen LogP contribution in [-0.2, 0) is 21.1 Å². The molecule has 7 nitrogen and oxygen atoms in total. The van der Waals surface area contributed by atoms with Gasteiger partial charge in [-0.1, -0.05) is 31.2 Å². The number of carbonyl (C=O) groups is 1. The van der Waals surface area contributed by atoms with E-state index in [4.69, 9.17) is 0 Å². The van der Waals surface area contributed by atoms with E-state index in [0.717, 1.165) is 43.1 Å². The van der Waals surface area contributed by atoms with Crippen LogP contribution in [0.2, 0.25) is 0 Å². The van der Waals surface area contributed by atoms with Crippen molar-refractivity contribution < 1.29 is 13.2 Å². The number of nitrogens with zero attached hydrogens (tertiary/aromatic N) is 4. The fourth-order valence-corrected chi connectivity index (χ4v) is 7.21. The number of unbranched alkanes of at least 4 members (excludes halogenated alkanes) is 1. The molecule has 1 aliphatic heterocycles. The van der Waals surface area contributed by atoms with Crippen LogP contribution in [0.5, 0.6) is 0 Å². The van der Waals surface area contributed by atoms with E-state index in [-0.39, 0.29) is 29.2 Å². The Labute approximate surface area is 186 Å². The Hall–Kier alpha value is -1.39. The lowest BCUT2D eigenvalue weighted by molar-refractivity contribution is -0.130. The lowest BCUT2D eigenvalue weighted by atomic mass is 10.2. The van der Waals surface area contributed by atoms with Crippen LogP contribution in [0.1, 0.15) is 55.8 Å². The molecule has 10 heteroatoms. The van der Waals surface area contributed by atoms with E-state index in [1.807, 2.05) is 6.07 Å². The Kier molecular flexibility index (Phi) is 6.84. The maximum Gasteiger partial charge on any atom is 0.233 e. The van der Waals surface area contributed by atoms with E-state index in [1.165, 1.54) is 16.6 Å². The van der Waals surface area contributed by atoms with Crippen molar-refractivity contribution in [2.75, 3.05) is 23.8 Å². The van der Waals surface area contributed by atoms with Crippen LogP contribution >= 0.6 is 23.1 Å². The van der Waals surface area contributed by atoms with Crippen molar-refractivity contribution in [2.45, 2.75) is 62.7 Å². The Morgan fingerprint density at radius 1 is 1.33 bits per heavy atom. The number of thiophene rings is 1. The number of thioether (sulfide) groups is 1. The summed E-state index contributed by atoms with van der Waals surface area (Å²) in [4.78, 5) is 16.1. The minimum atomic E-state index is -3.02. The Balaban J connectivity index is 1.43. The second-order valence-electron chi connectivity index (χ2n) is 8.04. The highest BCUT2D eigenvalue weighted by Crippen LogP contribution is 2.39. The quantitative estimate of drug-likeness (QED) is 0.498. The zero-order chi connectivity index (χ0) is 21.1. The van der Waals surface area contributed by atoms with Gasteiger partial charge >= 0.3 is 0 Å². The van der Waals surface area contributed by atoms with Crippen LogP contribution in [0.3, 0.4) is 0 Å². The van der Waals surface area contributed by atoms with Gasteiger partial charge in [0.05, 0.1) is 17.3 Å². The molecule has 164 valence electrons. The lowest BCUT2D eigenvalue weighted by Crippen LogP contribution is -2.42. The molecule has 0 N–H and O–H groups in total. The molecule has 2 fully saturated rings. The summed E-state index contributed by atoms with van der Waals surface area (Å²) < 4.78 is 26.0. The summed E-state index contributed by atoms with van der Waals surface area (Å²) in [6, 6.07) is 4.39. The summed E-state index contributed by atoms with van der Waals surface area (Å²) in [6.45, 7) is 2.70. The van der Waals surface area contributed by atoms with Crippen molar-refractivity contribution in [3.8, 4) is 0 Å². The zero-order valence-corrected chi connectivity index (χ0v) is 19.6. The van der Waals surface area contributed by atoms with Crippen LogP contribution in [0.15, 0.2) is 22.7 Å². The first-order valence-electron chi connectivity index (χ1n) is 10.6. The van der Waals surface area contributed by atoms with Crippen molar-refractivity contribution in [2.24, 2.45) is 0 Å². The highest BCUT2D eigenvalue weighted by molar-refractivity contribution is 7.99. The fraction of sp³-hybridized carbons (Fsp3) is 0.650. The number of hydrogen-bond donors (Lipinski definition) is 0. The average molecular weight is 469 g/mol. The van der Waals surface area contributed by atoms with E-state index < -0.39 is 9.84 Å². The molecule has 1 amide bonds. The molecule has 0 spiro atoms. The SMILES string of the molecule is CCCCN(C(=O)CSc1nnc(Cc2cccs2)n1C1CC1)C1CCS(=O)(=O)C1. The van der Waals surface area contributed by atoms with Gasteiger partial charge in [0.2, 0.25) is 5.91 Å². The van der Waals surface area contributed by atoms with E-state index in [0.29, 0.717) is 19.0 Å². The standard InChI is InChI=1S/C20H28N4O3S3/c1-2-3-9-23(16-8-11-30(26,27)14-16)19(25)13-29-20-22-21-18(24(20)15-6-7-15)12-17-5-4-10-28-17/h4-5,10,15-16H,2-3,6-9,11-14H2,1H3. The van der Waals surface area contributed by atoms with Crippen molar-refractivity contribution in [1.82, 2.24) is 19.7 Å². The Morgan fingerprint density at radius 3 is 2.80 bits per heavy atom. The molecule has 4 rings (SSSR count). The number of amides is 1. The van der Waals surface area contributed by atoms with Crippen molar-refractivity contribution in [3.63, 3.8) is 0 Å². The highest BCUT2D eigenvalue weighted by Gasteiger charge is 2.35. The maximum atomic E-state index is 13.0. The zero-order valence-electron chi connectivity index (χ0n) is 17.2. The average Bonchev–Trinajstić information content (AvgIpc) is 3.10. The molecule has 30 heavy (non-hydrogen) atoms. The van der Waals surface area contributed by atoms with Gasteiger partial charge in [-0.2, -0.15) is 0 Å². The molecule has 1 unspecified atom stereocenters. The predicted octanol–water partition coefficient (Wildman–Crippen LogP) is 3.17. The predicted molar refractivity (Wildman–Crippen MR) is 120 cm³/mol. The molecule has 1 saturated heterocycles. The molecule has 2 aromatic heterocycles. The normalized spacial score (nSPS) is 20.5. The minimum Gasteiger partial charge on any atom is -0.338 e. The third-order valence-corrected chi connectivity index (χ3v) is 9.16. The molecule has 1 saturated carbocycles. The molecule has 2 aromatic rings. The van der Waals surface area contributed by atoms with Crippen LogP contribution in [0.25, 0.3) is 0 Å². The molecular weight excluding hydrogens is 440 g/mol. The van der Waals surface area contributed by atoms with Crippen molar-refractivity contribution >= 4 is 38.8 Å². The summed E-state index contributed by atoms with van der Waals surface area (Å²) >= 11 is 3.14. The monoisotopic (exact) mass is 468 g/mol. The minimum absolute atomic E-state index is 0.000652. The number of sulfone groups is 1. The summed E-state index contributed by atoms with van der Waals surface area (Å²) in [6.07, 6.45) is 5.41. The molecule has 3 heterocycles. The topological polar surface area (TPSA) is 85.2 Å². The number of carbonyl (C=O) groups excluding carboxylic acids is 1. The third-order valence-electron chi connectivity index (χ3n) is 5.61. The molecule has 2 aliphatic rings. The second-order valence-corrected chi connectivity index (χ2v) is 12.2. The highest BCUT2D eigenvalue weighted by atomic mass is 32.2. The Morgan fingerprint density at radius 2 is 2.17 bits per heavy atom. The van der Waals surface area contributed by atoms with Crippen molar-refractivity contribution in [1.29, 1.82) is 0 Å². The lowest BCUT2D eigenvalue weighted by Gasteiger charge is -2.28. The smallest absolute Gasteiger partial charge is 0.233 e. The molecular formula is C20H28N4O3S3. The molecule has 0 bridgehead atoms. The van der Waals surface area contributed by atoms with Gasteiger partial charge < -0.3 is 9.47 Å². The van der Waals surface area contributed by atoms with E-state index in [2.05, 4.69) is 33.1 Å². The van der Waals surface area contributed by atoms with Gasteiger partial charge in [0.1, 0.15) is 5.82 Å². The molecule has 0 aromatic carbocycles. The Bertz CT molecular complexity index is 968. The second kappa shape index (κ2) is 9.40. The summed E-state index contributed by atoms with van der Waals surface area (Å²) in [5, 5.41) is 11.7. The van der Waals surface area contributed by atoms with Gasteiger partial charge in [0.15, 0.2) is 15.0 Å². The van der Waals surface area contributed by atoms with Gasteiger partial charge in [-0.15, -0.1) is 21.5 Å². The van der Waals surface area contributed by atoms with E-state index >= 15 is 0 Å². The number of hydrogen-bond acceptors (Lipinski definition) is 7. The van der Waals surface area contributed by atoms with Crippen molar-refractivity contribution in [3.05, 3.63) is 28.2 Å². The van der Waals surface area contributed by atoms with Crippen LogP contribution in [-0.4, -0.2) is 63.8 Å². The maximum absolute atomic E-state index is 13.0.